The highest BCUT2D eigenvalue weighted by Crippen LogP contribution is 2.31. The summed E-state index contributed by atoms with van der Waals surface area (Å²) in [5, 5.41) is 4.11. The third-order valence-corrected chi connectivity index (χ3v) is 4.34. The lowest BCUT2D eigenvalue weighted by atomic mass is 10.1. The standard InChI is InChI=1S/C19H16ClF3N4/c1-27-17(10-18(26-27)19(21,22)23)16-9-7-13(11-24)15(25-16)8-6-12-4-2-3-5-14(12)20/h2-10H,11,24H2,1H3/b8-6+. The summed E-state index contributed by atoms with van der Waals surface area (Å²) >= 11 is 6.14. The van der Waals surface area contributed by atoms with Crippen LogP contribution in [0, 0.1) is 0 Å². The summed E-state index contributed by atoms with van der Waals surface area (Å²) < 4.78 is 39.9. The van der Waals surface area contributed by atoms with Gasteiger partial charge in [0.25, 0.3) is 0 Å². The molecule has 0 atom stereocenters. The molecule has 3 rings (SSSR count). The van der Waals surface area contributed by atoms with Crippen molar-refractivity contribution in [3.05, 3.63) is 70.0 Å². The Balaban J connectivity index is 2.02. The molecule has 3 aromatic rings. The van der Waals surface area contributed by atoms with Gasteiger partial charge < -0.3 is 5.73 Å². The molecule has 0 saturated carbocycles. The van der Waals surface area contributed by atoms with Crippen molar-refractivity contribution >= 4 is 23.8 Å². The lowest BCUT2D eigenvalue weighted by Crippen LogP contribution is -2.06. The van der Waals surface area contributed by atoms with Crippen LogP contribution in [0.4, 0.5) is 13.2 Å². The molecule has 140 valence electrons. The number of pyridine rings is 1. The van der Waals surface area contributed by atoms with Gasteiger partial charge in [-0.15, -0.1) is 0 Å². The van der Waals surface area contributed by atoms with Crippen molar-refractivity contribution in [3.63, 3.8) is 0 Å². The van der Waals surface area contributed by atoms with E-state index in [-0.39, 0.29) is 12.2 Å². The van der Waals surface area contributed by atoms with Crippen LogP contribution in [0.5, 0.6) is 0 Å². The zero-order valence-corrected chi connectivity index (χ0v) is 15.1. The quantitative estimate of drug-likeness (QED) is 0.695. The molecule has 0 unspecified atom stereocenters. The van der Waals surface area contributed by atoms with Crippen molar-refractivity contribution in [2.75, 3.05) is 0 Å². The van der Waals surface area contributed by atoms with E-state index in [1.54, 1.807) is 30.4 Å². The molecular formula is C19H16ClF3N4. The fourth-order valence-electron chi connectivity index (χ4n) is 2.59. The van der Waals surface area contributed by atoms with Gasteiger partial charge >= 0.3 is 6.18 Å². The summed E-state index contributed by atoms with van der Waals surface area (Å²) in [6.45, 7) is 0.245. The van der Waals surface area contributed by atoms with Crippen molar-refractivity contribution in [3.8, 4) is 11.4 Å². The first-order valence-corrected chi connectivity index (χ1v) is 8.41. The van der Waals surface area contributed by atoms with Gasteiger partial charge in [0, 0.05) is 18.6 Å². The minimum atomic E-state index is -4.51. The Bertz CT molecular complexity index is 993. The highest BCUT2D eigenvalue weighted by atomic mass is 35.5. The number of alkyl halides is 3. The Morgan fingerprint density at radius 1 is 1.15 bits per heavy atom. The molecule has 0 spiro atoms. The van der Waals surface area contributed by atoms with Gasteiger partial charge in [-0.2, -0.15) is 18.3 Å². The van der Waals surface area contributed by atoms with Gasteiger partial charge in [-0.25, -0.2) is 4.98 Å². The van der Waals surface area contributed by atoms with Crippen molar-refractivity contribution < 1.29 is 13.2 Å². The highest BCUT2D eigenvalue weighted by molar-refractivity contribution is 6.32. The van der Waals surface area contributed by atoms with Gasteiger partial charge in [0.15, 0.2) is 5.69 Å². The average molecular weight is 393 g/mol. The molecule has 0 saturated heterocycles. The number of nitrogens with two attached hydrogens (primary N) is 1. The summed E-state index contributed by atoms with van der Waals surface area (Å²) in [5.74, 6) is 0. The van der Waals surface area contributed by atoms with Crippen molar-refractivity contribution in [1.29, 1.82) is 0 Å². The number of halogens is 4. The zero-order chi connectivity index (χ0) is 19.6. The Kier molecular flexibility index (Phi) is 5.34. The van der Waals surface area contributed by atoms with Crippen LogP contribution in [-0.2, 0) is 19.8 Å². The summed E-state index contributed by atoms with van der Waals surface area (Å²) in [4.78, 5) is 4.48. The lowest BCUT2D eigenvalue weighted by molar-refractivity contribution is -0.141. The van der Waals surface area contributed by atoms with E-state index in [9.17, 15) is 13.2 Å². The van der Waals surface area contributed by atoms with Gasteiger partial charge in [-0.1, -0.05) is 41.9 Å². The molecular weight excluding hydrogens is 377 g/mol. The third kappa shape index (κ3) is 4.20. The second-order valence-corrected chi connectivity index (χ2v) is 6.24. The molecule has 2 N–H and O–H groups in total. The number of rotatable bonds is 4. The van der Waals surface area contributed by atoms with E-state index in [2.05, 4.69) is 10.1 Å². The van der Waals surface area contributed by atoms with Crippen LogP contribution in [0.2, 0.25) is 5.02 Å². The van der Waals surface area contributed by atoms with E-state index in [1.807, 2.05) is 18.2 Å². The van der Waals surface area contributed by atoms with Gasteiger partial charge in [-0.05, 0) is 35.4 Å². The molecule has 2 heterocycles. The molecule has 2 aromatic heterocycles. The first-order valence-electron chi connectivity index (χ1n) is 8.04. The summed E-state index contributed by atoms with van der Waals surface area (Å²) in [7, 11) is 1.45. The molecule has 0 fully saturated rings. The van der Waals surface area contributed by atoms with E-state index in [4.69, 9.17) is 17.3 Å². The minimum Gasteiger partial charge on any atom is -0.326 e. The Labute approximate surface area is 159 Å². The third-order valence-electron chi connectivity index (χ3n) is 3.99. The molecule has 4 nitrogen and oxygen atoms in total. The van der Waals surface area contributed by atoms with Gasteiger partial charge in [0.05, 0.1) is 17.1 Å². The Morgan fingerprint density at radius 3 is 2.52 bits per heavy atom. The predicted molar refractivity (Wildman–Crippen MR) is 99.7 cm³/mol. The minimum absolute atomic E-state index is 0.245. The van der Waals surface area contributed by atoms with Crippen molar-refractivity contribution in [1.82, 2.24) is 14.8 Å². The second-order valence-electron chi connectivity index (χ2n) is 5.84. The summed E-state index contributed by atoms with van der Waals surface area (Å²) in [5.41, 5.74) is 7.56. The smallest absolute Gasteiger partial charge is 0.326 e. The van der Waals surface area contributed by atoms with Crippen molar-refractivity contribution in [2.24, 2.45) is 12.8 Å². The number of nitrogens with zero attached hydrogens (tertiary/aromatic N) is 3. The first-order chi connectivity index (χ1) is 12.8. The highest BCUT2D eigenvalue weighted by Gasteiger charge is 2.34. The van der Waals surface area contributed by atoms with Crippen molar-refractivity contribution in [2.45, 2.75) is 12.7 Å². The van der Waals surface area contributed by atoms with Crippen LogP contribution >= 0.6 is 11.6 Å². The first kappa shape index (κ1) is 19.1. The van der Waals surface area contributed by atoms with Gasteiger partial charge in [-0.3, -0.25) is 4.68 Å². The number of aryl methyl sites for hydroxylation is 1. The summed E-state index contributed by atoms with van der Waals surface area (Å²) in [6, 6.07) is 11.6. The Hall–Kier alpha value is -2.64. The van der Waals surface area contributed by atoms with E-state index in [0.717, 1.165) is 21.9 Å². The van der Waals surface area contributed by atoms with E-state index < -0.39 is 11.9 Å². The SMILES string of the molecule is Cn1nc(C(F)(F)F)cc1-c1ccc(CN)c(/C=C/c2ccccc2Cl)n1. The molecule has 0 amide bonds. The van der Waals surface area contributed by atoms with Crippen LogP contribution in [-0.4, -0.2) is 14.8 Å². The number of benzene rings is 1. The van der Waals surface area contributed by atoms with Crippen LogP contribution < -0.4 is 5.73 Å². The fraction of sp³-hybridized carbons (Fsp3) is 0.158. The molecule has 0 aliphatic carbocycles. The van der Waals surface area contributed by atoms with Gasteiger partial charge in [0.2, 0.25) is 0 Å². The van der Waals surface area contributed by atoms with E-state index in [1.165, 1.54) is 7.05 Å². The summed E-state index contributed by atoms with van der Waals surface area (Å²) in [6.07, 6.45) is -0.980. The van der Waals surface area contributed by atoms with Gasteiger partial charge in [0.1, 0.15) is 0 Å². The lowest BCUT2D eigenvalue weighted by Gasteiger charge is -2.07. The average Bonchev–Trinajstić information content (AvgIpc) is 3.03. The van der Waals surface area contributed by atoms with E-state index >= 15 is 0 Å². The van der Waals surface area contributed by atoms with Crippen LogP contribution in [0.25, 0.3) is 23.5 Å². The zero-order valence-electron chi connectivity index (χ0n) is 14.3. The van der Waals surface area contributed by atoms with Crippen LogP contribution in [0.15, 0.2) is 42.5 Å². The fourth-order valence-corrected chi connectivity index (χ4v) is 2.79. The number of hydrogen-bond donors (Lipinski definition) is 1. The Morgan fingerprint density at radius 2 is 1.89 bits per heavy atom. The molecule has 0 bridgehead atoms. The molecule has 0 radical (unpaired) electrons. The molecule has 0 aliphatic heterocycles. The van der Waals surface area contributed by atoms with E-state index in [0.29, 0.717) is 16.4 Å². The normalized spacial score (nSPS) is 12.1. The number of aromatic nitrogens is 3. The second kappa shape index (κ2) is 7.54. The van der Waals surface area contributed by atoms with Crippen LogP contribution in [0.1, 0.15) is 22.5 Å². The maximum atomic E-state index is 12.9. The predicted octanol–water partition coefficient (Wildman–Crippen LogP) is 4.78. The van der Waals surface area contributed by atoms with Crippen LogP contribution in [0.3, 0.4) is 0 Å². The molecule has 0 aliphatic rings. The maximum Gasteiger partial charge on any atom is 0.435 e. The molecule has 27 heavy (non-hydrogen) atoms. The molecule has 1 aromatic carbocycles. The molecule has 8 heteroatoms. The number of hydrogen-bond acceptors (Lipinski definition) is 3. The topological polar surface area (TPSA) is 56.7 Å². The monoisotopic (exact) mass is 392 g/mol. The maximum absolute atomic E-state index is 12.9. The largest absolute Gasteiger partial charge is 0.435 e.